The second kappa shape index (κ2) is 11.3. The lowest BCUT2D eigenvalue weighted by atomic mass is 9.75. The molecule has 0 amide bonds. The molecule has 0 bridgehead atoms. The topological polar surface area (TPSA) is 71.1 Å². The zero-order valence-corrected chi connectivity index (χ0v) is 21.9. The lowest BCUT2D eigenvalue weighted by Gasteiger charge is -2.37. The Morgan fingerprint density at radius 3 is 1.50 bits per heavy atom. The van der Waals surface area contributed by atoms with Crippen LogP contribution in [0, 0.1) is 35.5 Å². The molecule has 184 valence electrons. The fraction of sp³-hybridized carbons (Fsp3) is 0.917. The van der Waals surface area contributed by atoms with Gasteiger partial charge in [-0.2, -0.15) is 0 Å². The normalized spacial score (nSPS) is 38.8. The van der Waals surface area contributed by atoms with Crippen LogP contribution in [0.4, 0.5) is 0 Å². The average Bonchev–Trinajstić information content (AvgIpc) is 3.09. The quantitative estimate of drug-likeness (QED) is 0.324. The van der Waals surface area contributed by atoms with Crippen LogP contribution in [-0.2, 0) is 28.1 Å². The Balaban J connectivity index is 1.67. The molecule has 2 saturated carbocycles. The molecule has 0 N–H and O–H groups in total. The van der Waals surface area contributed by atoms with E-state index >= 15 is 0 Å². The first-order chi connectivity index (χ1) is 15.1. The van der Waals surface area contributed by atoms with Gasteiger partial charge >= 0.3 is 11.9 Å². The number of rotatable bonds is 6. The van der Waals surface area contributed by atoms with Crippen molar-refractivity contribution in [3.63, 3.8) is 0 Å². The van der Waals surface area contributed by atoms with E-state index in [-0.39, 0.29) is 12.2 Å². The van der Waals surface area contributed by atoms with Crippen molar-refractivity contribution in [2.24, 2.45) is 35.5 Å². The van der Waals surface area contributed by atoms with Gasteiger partial charge in [0, 0.05) is 0 Å². The maximum Gasteiger partial charge on any atom is 0.339 e. The lowest BCUT2D eigenvalue weighted by Crippen LogP contribution is -2.45. The van der Waals surface area contributed by atoms with Crippen molar-refractivity contribution < 1.29 is 28.1 Å². The van der Waals surface area contributed by atoms with E-state index in [1.807, 2.05) is 0 Å². The standard InChI is InChI=1S/C24H40ClO6P/c1-13(2)17-9-7-15(5)11-19(17)28-23(26)21-22(31-32(25)30-21)24(27)29-20-12-16(6)8-10-18(20)14(3)4/h13-22H,7-12H2,1-6H3/t15-,16-,17+,18+,19-,20-,21-,22-/m1/s1. The van der Waals surface area contributed by atoms with Crippen LogP contribution in [0.15, 0.2) is 0 Å². The van der Waals surface area contributed by atoms with Crippen molar-refractivity contribution in [2.45, 2.75) is 104 Å². The molecule has 0 aromatic heterocycles. The summed E-state index contributed by atoms with van der Waals surface area (Å²) in [5, 5.41) is 0. The predicted molar refractivity (Wildman–Crippen MR) is 125 cm³/mol. The summed E-state index contributed by atoms with van der Waals surface area (Å²) in [4.78, 5) is 26.2. The number of hydrogen-bond donors (Lipinski definition) is 0. The zero-order valence-electron chi connectivity index (χ0n) is 20.3. The molecule has 0 unspecified atom stereocenters. The summed E-state index contributed by atoms with van der Waals surface area (Å²) in [6.45, 7) is 13.0. The van der Waals surface area contributed by atoms with Crippen LogP contribution in [-0.4, -0.2) is 36.4 Å². The van der Waals surface area contributed by atoms with Gasteiger partial charge in [0.05, 0.1) is 0 Å². The minimum absolute atomic E-state index is 0.182. The Morgan fingerprint density at radius 2 is 1.16 bits per heavy atom. The van der Waals surface area contributed by atoms with E-state index in [4.69, 9.17) is 29.8 Å². The van der Waals surface area contributed by atoms with Crippen molar-refractivity contribution in [3.8, 4) is 0 Å². The fourth-order valence-electron chi connectivity index (χ4n) is 5.58. The Hall–Kier alpha value is -0.420. The highest BCUT2D eigenvalue weighted by Gasteiger charge is 2.50. The maximum absolute atomic E-state index is 13.1. The molecule has 1 saturated heterocycles. The average molecular weight is 491 g/mol. The first-order valence-electron chi connectivity index (χ1n) is 12.3. The summed E-state index contributed by atoms with van der Waals surface area (Å²) in [7, 11) is -1.85. The van der Waals surface area contributed by atoms with E-state index in [0.29, 0.717) is 35.5 Å². The van der Waals surface area contributed by atoms with Crippen LogP contribution in [0.1, 0.15) is 80.1 Å². The molecule has 8 heteroatoms. The van der Waals surface area contributed by atoms with Gasteiger partial charge in [0.25, 0.3) is 7.73 Å². The van der Waals surface area contributed by atoms with Crippen LogP contribution in [0.3, 0.4) is 0 Å². The molecular formula is C24H40ClO6P. The molecule has 0 aromatic rings. The summed E-state index contributed by atoms with van der Waals surface area (Å²) in [6.07, 6.45) is 3.27. The van der Waals surface area contributed by atoms with E-state index < -0.39 is 31.9 Å². The molecule has 32 heavy (non-hydrogen) atoms. The lowest BCUT2D eigenvalue weighted by molar-refractivity contribution is -0.176. The highest BCUT2D eigenvalue weighted by molar-refractivity contribution is 7.76. The van der Waals surface area contributed by atoms with Crippen LogP contribution in [0.2, 0.25) is 0 Å². The molecule has 0 aromatic carbocycles. The Kier molecular flexibility index (Phi) is 9.28. The second-order valence-electron chi connectivity index (χ2n) is 10.9. The number of carbonyl (C=O) groups is 2. The molecule has 1 aliphatic heterocycles. The first-order valence-corrected chi connectivity index (χ1v) is 14.4. The van der Waals surface area contributed by atoms with Crippen LogP contribution < -0.4 is 0 Å². The molecule has 3 rings (SSSR count). The first kappa shape index (κ1) is 26.2. The second-order valence-corrected chi connectivity index (χ2v) is 12.5. The van der Waals surface area contributed by atoms with E-state index in [0.717, 1.165) is 38.5 Å². The van der Waals surface area contributed by atoms with Gasteiger partial charge in [0.2, 0.25) is 0 Å². The van der Waals surface area contributed by atoms with E-state index in [2.05, 4.69) is 41.5 Å². The van der Waals surface area contributed by atoms with Crippen molar-refractivity contribution in [1.82, 2.24) is 0 Å². The highest BCUT2D eigenvalue weighted by atomic mass is 35.7. The Morgan fingerprint density at radius 1 is 0.781 bits per heavy atom. The maximum atomic E-state index is 13.1. The molecule has 3 aliphatic rings. The van der Waals surface area contributed by atoms with Gasteiger partial charge in [-0.15, -0.1) is 0 Å². The van der Waals surface area contributed by atoms with Crippen LogP contribution in [0.25, 0.3) is 0 Å². The van der Waals surface area contributed by atoms with E-state index in [1.165, 1.54) is 0 Å². The summed E-state index contributed by atoms with van der Waals surface area (Å²) >= 11 is 6.08. The highest BCUT2D eigenvalue weighted by Crippen LogP contribution is 2.53. The predicted octanol–water partition coefficient (Wildman–Crippen LogP) is 6.24. The van der Waals surface area contributed by atoms with Gasteiger partial charge < -0.3 is 18.5 Å². The monoisotopic (exact) mass is 490 g/mol. The van der Waals surface area contributed by atoms with E-state index in [1.54, 1.807) is 0 Å². The van der Waals surface area contributed by atoms with Crippen molar-refractivity contribution in [3.05, 3.63) is 0 Å². The van der Waals surface area contributed by atoms with Gasteiger partial charge in [0.1, 0.15) is 12.2 Å². The Labute approximate surface area is 199 Å². The number of esters is 2. The molecule has 2 aliphatic carbocycles. The summed E-state index contributed by atoms with van der Waals surface area (Å²) in [5.74, 6) is 1.28. The molecule has 0 spiro atoms. The van der Waals surface area contributed by atoms with Gasteiger partial charge in [-0.1, -0.05) is 54.4 Å². The summed E-state index contributed by atoms with van der Waals surface area (Å²) in [5.41, 5.74) is 0. The van der Waals surface area contributed by atoms with Crippen molar-refractivity contribution in [2.75, 3.05) is 0 Å². The number of ether oxygens (including phenoxy) is 2. The fourth-order valence-corrected chi connectivity index (χ4v) is 6.90. The van der Waals surface area contributed by atoms with Gasteiger partial charge in [-0.05, 0) is 72.4 Å². The zero-order chi connectivity index (χ0) is 23.6. The van der Waals surface area contributed by atoms with E-state index in [9.17, 15) is 9.59 Å². The van der Waals surface area contributed by atoms with Gasteiger partial charge in [-0.25, -0.2) is 9.59 Å². The Bertz CT molecular complexity index is 604. The number of halogens is 1. The largest absolute Gasteiger partial charge is 0.460 e. The van der Waals surface area contributed by atoms with Gasteiger partial charge in [-0.3, -0.25) is 0 Å². The summed E-state index contributed by atoms with van der Waals surface area (Å²) < 4.78 is 22.9. The number of carbonyl (C=O) groups excluding carboxylic acids is 2. The smallest absolute Gasteiger partial charge is 0.339 e. The van der Waals surface area contributed by atoms with Gasteiger partial charge in [0.15, 0.2) is 12.2 Å². The molecular weight excluding hydrogens is 451 g/mol. The molecule has 3 fully saturated rings. The minimum Gasteiger partial charge on any atom is -0.460 e. The minimum atomic E-state index is -1.85. The van der Waals surface area contributed by atoms with Crippen LogP contribution in [0.5, 0.6) is 0 Å². The SMILES string of the molecule is CC(C)[C@@H]1CC[C@@H](C)C[C@H]1OC(=O)[C@@H]1OP(Cl)O[C@H]1C(=O)O[C@@H]1C[C@H](C)CC[C@H]1C(C)C. The molecule has 6 nitrogen and oxygen atoms in total. The molecule has 0 radical (unpaired) electrons. The summed E-state index contributed by atoms with van der Waals surface area (Å²) in [6, 6.07) is 0. The van der Waals surface area contributed by atoms with Crippen molar-refractivity contribution >= 4 is 30.9 Å². The van der Waals surface area contributed by atoms with Crippen molar-refractivity contribution in [1.29, 1.82) is 0 Å². The third-order valence-corrected chi connectivity index (χ3v) is 8.85. The number of hydrogen-bond acceptors (Lipinski definition) is 6. The van der Waals surface area contributed by atoms with Crippen LogP contribution >= 0.6 is 19.0 Å². The molecule has 8 atom stereocenters. The third-order valence-electron chi connectivity index (χ3n) is 7.59. The third kappa shape index (κ3) is 6.37. The molecule has 1 heterocycles.